The minimum atomic E-state index is -0.0460. The van der Waals surface area contributed by atoms with E-state index in [4.69, 9.17) is 9.15 Å². The van der Waals surface area contributed by atoms with Crippen molar-refractivity contribution in [3.8, 4) is 5.75 Å². The lowest BCUT2D eigenvalue weighted by atomic mass is 10.1. The number of anilines is 1. The van der Waals surface area contributed by atoms with E-state index in [1.54, 1.807) is 7.11 Å². The van der Waals surface area contributed by atoms with E-state index in [-0.39, 0.29) is 5.91 Å². The van der Waals surface area contributed by atoms with Crippen LogP contribution in [0, 0.1) is 13.8 Å². The largest absolute Gasteiger partial charge is 0.495 e. The van der Waals surface area contributed by atoms with Gasteiger partial charge in [-0.1, -0.05) is 12.1 Å². The first kappa shape index (κ1) is 16.1. The summed E-state index contributed by atoms with van der Waals surface area (Å²) in [6, 6.07) is 11.5. The highest BCUT2D eigenvalue weighted by atomic mass is 16.5. The van der Waals surface area contributed by atoms with Gasteiger partial charge in [0, 0.05) is 13.3 Å². The van der Waals surface area contributed by atoms with Gasteiger partial charge in [-0.15, -0.1) is 0 Å². The second-order valence-electron chi connectivity index (χ2n) is 5.79. The smallest absolute Gasteiger partial charge is 0.224 e. The first-order valence-corrected chi connectivity index (χ1v) is 7.86. The Kier molecular flexibility index (Phi) is 4.51. The predicted octanol–water partition coefficient (Wildman–Crippen LogP) is 4.02. The standard InChI is InChI=1S/C19H20N2O3/c1-12-4-7-17(23-3)15(10-12)21-19(22)9-6-14-5-8-18-16(11-14)20-13(2)24-18/h4-5,7-8,10-11H,6,9H2,1-3H3,(H,21,22). The molecule has 3 aromatic rings. The summed E-state index contributed by atoms with van der Waals surface area (Å²) in [7, 11) is 1.59. The molecule has 0 unspecified atom stereocenters. The van der Waals surface area contributed by atoms with Gasteiger partial charge in [0.1, 0.15) is 11.3 Å². The fraction of sp³-hybridized carbons (Fsp3) is 0.263. The molecule has 1 amide bonds. The Morgan fingerprint density at radius 2 is 2.04 bits per heavy atom. The molecule has 1 N–H and O–H groups in total. The molecule has 124 valence electrons. The van der Waals surface area contributed by atoms with Gasteiger partial charge in [-0.25, -0.2) is 4.98 Å². The van der Waals surface area contributed by atoms with Crippen LogP contribution in [0.25, 0.3) is 11.1 Å². The van der Waals surface area contributed by atoms with Crippen LogP contribution < -0.4 is 10.1 Å². The molecule has 5 heteroatoms. The van der Waals surface area contributed by atoms with E-state index in [9.17, 15) is 4.79 Å². The van der Waals surface area contributed by atoms with Gasteiger partial charge >= 0.3 is 0 Å². The van der Waals surface area contributed by atoms with E-state index in [2.05, 4.69) is 10.3 Å². The van der Waals surface area contributed by atoms with E-state index < -0.39 is 0 Å². The molecule has 0 aliphatic heterocycles. The molecule has 0 aliphatic carbocycles. The van der Waals surface area contributed by atoms with Gasteiger partial charge in [0.15, 0.2) is 11.5 Å². The molecule has 0 atom stereocenters. The van der Waals surface area contributed by atoms with Gasteiger partial charge in [0.2, 0.25) is 5.91 Å². The second-order valence-corrected chi connectivity index (χ2v) is 5.79. The third kappa shape index (κ3) is 3.56. The molecule has 1 heterocycles. The number of nitrogens with one attached hydrogen (secondary N) is 1. The topological polar surface area (TPSA) is 64.4 Å². The molecule has 1 aromatic heterocycles. The molecule has 0 bridgehead atoms. The zero-order valence-corrected chi connectivity index (χ0v) is 14.1. The Balaban J connectivity index is 1.65. The molecule has 0 saturated heterocycles. The van der Waals surface area contributed by atoms with Gasteiger partial charge in [-0.2, -0.15) is 0 Å². The van der Waals surface area contributed by atoms with E-state index in [1.807, 2.05) is 50.2 Å². The number of ether oxygens (including phenoxy) is 1. The highest BCUT2D eigenvalue weighted by Gasteiger charge is 2.09. The number of hydrogen-bond donors (Lipinski definition) is 1. The lowest BCUT2D eigenvalue weighted by molar-refractivity contribution is -0.116. The average molecular weight is 324 g/mol. The Hall–Kier alpha value is -2.82. The molecule has 0 fully saturated rings. The van der Waals surface area contributed by atoms with Crippen LogP contribution in [0.5, 0.6) is 5.75 Å². The fourth-order valence-corrected chi connectivity index (χ4v) is 2.63. The van der Waals surface area contributed by atoms with Gasteiger partial charge in [0.05, 0.1) is 12.8 Å². The van der Waals surface area contributed by atoms with Crippen LogP contribution in [0.2, 0.25) is 0 Å². The minimum Gasteiger partial charge on any atom is -0.495 e. The summed E-state index contributed by atoms with van der Waals surface area (Å²) in [6.45, 7) is 3.80. The number of benzene rings is 2. The minimum absolute atomic E-state index is 0.0460. The number of aromatic nitrogens is 1. The van der Waals surface area contributed by atoms with Crippen LogP contribution in [0.3, 0.4) is 0 Å². The number of fused-ring (bicyclic) bond motifs is 1. The molecule has 24 heavy (non-hydrogen) atoms. The van der Waals surface area contributed by atoms with Crippen LogP contribution in [-0.2, 0) is 11.2 Å². The maximum atomic E-state index is 12.2. The van der Waals surface area contributed by atoms with Crippen molar-refractivity contribution in [1.29, 1.82) is 0 Å². The maximum Gasteiger partial charge on any atom is 0.224 e. The highest BCUT2D eigenvalue weighted by Crippen LogP contribution is 2.25. The average Bonchev–Trinajstić information content (AvgIpc) is 2.92. The van der Waals surface area contributed by atoms with Crippen LogP contribution >= 0.6 is 0 Å². The van der Waals surface area contributed by atoms with Gasteiger partial charge < -0.3 is 14.5 Å². The van der Waals surface area contributed by atoms with Gasteiger partial charge in [-0.3, -0.25) is 4.79 Å². The number of amides is 1. The van der Waals surface area contributed by atoms with Gasteiger partial charge in [0.25, 0.3) is 0 Å². The third-order valence-corrected chi connectivity index (χ3v) is 3.83. The Morgan fingerprint density at radius 1 is 1.21 bits per heavy atom. The summed E-state index contributed by atoms with van der Waals surface area (Å²) in [5.41, 5.74) is 4.42. The molecule has 2 aromatic carbocycles. The number of methoxy groups -OCH3 is 1. The SMILES string of the molecule is COc1ccc(C)cc1NC(=O)CCc1ccc2oc(C)nc2c1. The molecule has 0 spiro atoms. The monoisotopic (exact) mass is 324 g/mol. The second kappa shape index (κ2) is 6.74. The summed E-state index contributed by atoms with van der Waals surface area (Å²) in [4.78, 5) is 16.5. The summed E-state index contributed by atoms with van der Waals surface area (Å²) in [5, 5.41) is 2.92. The van der Waals surface area contributed by atoms with Crippen LogP contribution in [0.15, 0.2) is 40.8 Å². The zero-order valence-electron chi connectivity index (χ0n) is 14.1. The van der Waals surface area contributed by atoms with E-state index in [1.165, 1.54) is 0 Å². The molecule has 0 saturated carbocycles. The zero-order chi connectivity index (χ0) is 17.1. The summed E-state index contributed by atoms with van der Waals surface area (Å²) in [6.07, 6.45) is 1.03. The molecular weight excluding hydrogens is 304 g/mol. The van der Waals surface area contributed by atoms with E-state index in [0.717, 1.165) is 22.2 Å². The normalized spacial score (nSPS) is 10.8. The van der Waals surface area contributed by atoms with Crippen LogP contribution in [-0.4, -0.2) is 18.0 Å². The van der Waals surface area contributed by atoms with Gasteiger partial charge in [-0.05, 0) is 48.7 Å². The van der Waals surface area contributed by atoms with Crippen molar-refractivity contribution < 1.29 is 13.9 Å². The quantitative estimate of drug-likeness (QED) is 0.770. The number of carbonyl (C=O) groups is 1. The molecule has 0 radical (unpaired) electrons. The molecular formula is C19H20N2O3. The van der Waals surface area contributed by atoms with E-state index >= 15 is 0 Å². The first-order valence-electron chi connectivity index (χ1n) is 7.86. The van der Waals surface area contributed by atoms with Crippen molar-refractivity contribution in [3.05, 3.63) is 53.4 Å². The van der Waals surface area contributed by atoms with Crippen molar-refractivity contribution >= 4 is 22.7 Å². The number of nitrogens with zero attached hydrogens (tertiary/aromatic N) is 1. The number of hydrogen-bond acceptors (Lipinski definition) is 4. The van der Waals surface area contributed by atoms with E-state index in [0.29, 0.717) is 30.2 Å². The fourth-order valence-electron chi connectivity index (χ4n) is 2.63. The van der Waals surface area contributed by atoms with Crippen molar-refractivity contribution in [2.75, 3.05) is 12.4 Å². The molecule has 0 aliphatic rings. The third-order valence-electron chi connectivity index (χ3n) is 3.83. The maximum absolute atomic E-state index is 12.2. The number of carbonyl (C=O) groups excluding carboxylic acids is 1. The lowest BCUT2D eigenvalue weighted by Gasteiger charge is -2.11. The summed E-state index contributed by atoms with van der Waals surface area (Å²) >= 11 is 0. The van der Waals surface area contributed by atoms with Crippen molar-refractivity contribution in [3.63, 3.8) is 0 Å². The van der Waals surface area contributed by atoms with Crippen molar-refractivity contribution in [2.24, 2.45) is 0 Å². The Morgan fingerprint density at radius 3 is 2.83 bits per heavy atom. The lowest BCUT2D eigenvalue weighted by Crippen LogP contribution is -2.13. The first-order chi connectivity index (χ1) is 11.5. The molecule has 3 rings (SSSR count). The van der Waals surface area contributed by atoms with Crippen molar-refractivity contribution in [1.82, 2.24) is 4.98 Å². The summed E-state index contributed by atoms with van der Waals surface area (Å²) < 4.78 is 10.7. The van der Waals surface area contributed by atoms with Crippen molar-refractivity contribution in [2.45, 2.75) is 26.7 Å². The van der Waals surface area contributed by atoms with Crippen LogP contribution in [0.4, 0.5) is 5.69 Å². The summed E-state index contributed by atoms with van der Waals surface area (Å²) in [5.74, 6) is 1.26. The van der Waals surface area contributed by atoms with Crippen LogP contribution in [0.1, 0.15) is 23.4 Å². The number of aryl methyl sites for hydroxylation is 3. The number of oxazole rings is 1. The Labute approximate surface area is 140 Å². The predicted molar refractivity (Wildman–Crippen MR) is 93.4 cm³/mol. The highest BCUT2D eigenvalue weighted by molar-refractivity contribution is 5.92. The number of rotatable bonds is 5. The molecule has 5 nitrogen and oxygen atoms in total. The Bertz CT molecular complexity index is 883.